The molecular weight excluding hydrogens is 288 g/mol. The number of unbranched alkanes of at least 4 members (excludes halogenated alkanes) is 1. The zero-order valence-corrected chi connectivity index (χ0v) is 13.5. The summed E-state index contributed by atoms with van der Waals surface area (Å²) in [7, 11) is 0. The third-order valence-electron chi connectivity index (χ3n) is 3.21. The summed E-state index contributed by atoms with van der Waals surface area (Å²) < 4.78 is 0. The van der Waals surface area contributed by atoms with Gasteiger partial charge in [0.2, 0.25) is 0 Å². The van der Waals surface area contributed by atoms with Gasteiger partial charge < -0.3 is 31.5 Å². The van der Waals surface area contributed by atoms with Gasteiger partial charge in [0, 0.05) is 12.1 Å². The van der Waals surface area contributed by atoms with Crippen LogP contribution in [0.5, 0.6) is 0 Å². The molecular formula is C14H30N4O4. The summed E-state index contributed by atoms with van der Waals surface area (Å²) in [5.74, 6) is 0. The van der Waals surface area contributed by atoms with E-state index in [0.29, 0.717) is 0 Å². The summed E-state index contributed by atoms with van der Waals surface area (Å²) in [5.41, 5.74) is 0. The summed E-state index contributed by atoms with van der Waals surface area (Å²) in [6.07, 6.45) is 1.70. The molecule has 0 rings (SSSR count). The van der Waals surface area contributed by atoms with Gasteiger partial charge in [-0.1, -0.05) is 0 Å². The summed E-state index contributed by atoms with van der Waals surface area (Å²) in [4.78, 5) is 20.8. The van der Waals surface area contributed by atoms with Crippen molar-refractivity contribution in [2.75, 3.05) is 26.2 Å². The van der Waals surface area contributed by atoms with E-state index in [9.17, 15) is 9.59 Å². The molecule has 130 valence electrons. The molecule has 8 heteroatoms. The second-order valence-electron chi connectivity index (χ2n) is 5.49. The largest absolute Gasteiger partial charge is 0.465 e. The maximum Gasteiger partial charge on any atom is 0.404 e. The fourth-order valence-corrected chi connectivity index (χ4v) is 1.95. The zero-order valence-electron chi connectivity index (χ0n) is 13.5. The minimum Gasteiger partial charge on any atom is -0.465 e. The molecule has 0 saturated carbocycles. The number of carboxylic acid groups (broad SMARTS) is 2. The molecule has 0 spiro atoms. The van der Waals surface area contributed by atoms with Crippen molar-refractivity contribution in [2.24, 2.45) is 0 Å². The minimum absolute atomic E-state index is 0.0342. The average molecular weight is 318 g/mol. The van der Waals surface area contributed by atoms with E-state index in [2.05, 4.69) is 21.3 Å². The molecule has 0 aromatic heterocycles. The van der Waals surface area contributed by atoms with Gasteiger partial charge in [-0.05, 0) is 65.7 Å². The second-order valence-corrected chi connectivity index (χ2v) is 5.49. The highest BCUT2D eigenvalue weighted by Gasteiger charge is 2.04. The van der Waals surface area contributed by atoms with Gasteiger partial charge in [0.25, 0.3) is 0 Å². The van der Waals surface area contributed by atoms with Crippen molar-refractivity contribution in [1.29, 1.82) is 0 Å². The molecule has 0 aliphatic rings. The lowest BCUT2D eigenvalue weighted by atomic mass is 10.2. The number of amides is 2. The molecule has 6 N–H and O–H groups in total. The van der Waals surface area contributed by atoms with E-state index < -0.39 is 12.2 Å². The summed E-state index contributed by atoms with van der Waals surface area (Å²) in [5, 5.41) is 28.5. The van der Waals surface area contributed by atoms with Crippen molar-refractivity contribution in [3.8, 4) is 0 Å². The molecule has 2 unspecified atom stereocenters. The van der Waals surface area contributed by atoms with Gasteiger partial charge in [-0.25, -0.2) is 9.59 Å². The van der Waals surface area contributed by atoms with Crippen LogP contribution in [0.1, 0.15) is 39.5 Å². The molecule has 22 heavy (non-hydrogen) atoms. The van der Waals surface area contributed by atoms with Crippen LogP contribution in [0.4, 0.5) is 9.59 Å². The molecule has 2 atom stereocenters. The van der Waals surface area contributed by atoms with E-state index in [1.165, 1.54) is 0 Å². The van der Waals surface area contributed by atoms with E-state index in [1.54, 1.807) is 0 Å². The number of rotatable bonds is 13. The Labute approximate surface area is 132 Å². The van der Waals surface area contributed by atoms with Gasteiger partial charge in [0.1, 0.15) is 0 Å². The molecule has 0 radical (unpaired) electrons. The Morgan fingerprint density at radius 1 is 0.773 bits per heavy atom. The van der Waals surface area contributed by atoms with E-state index in [1.807, 2.05) is 13.8 Å². The van der Waals surface area contributed by atoms with Crippen LogP contribution in [0.15, 0.2) is 0 Å². The number of nitrogens with one attached hydrogen (secondary N) is 4. The van der Waals surface area contributed by atoms with Gasteiger partial charge >= 0.3 is 12.2 Å². The first-order chi connectivity index (χ1) is 10.4. The monoisotopic (exact) mass is 318 g/mol. The summed E-state index contributed by atoms with van der Waals surface area (Å²) in [6.45, 7) is 7.12. The first-order valence-corrected chi connectivity index (χ1v) is 7.82. The number of hydrogen-bond donors (Lipinski definition) is 6. The SMILES string of the molecule is CC(CCNCCCCNCCC(C)NC(=O)O)NC(=O)O. The third kappa shape index (κ3) is 14.9. The Hall–Kier alpha value is -1.54. The van der Waals surface area contributed by atoms with Gasteiger partial charge in [0.05, 0.1) is 0 Å². The third-order valence-corrected chi connectivity index (χ3v) is 3.21. The Morgan fingerprint density at radius 3 is 1.45 bits per heavy atom. The van der Waals surface area contributed by atoms with Crippen LogP contribution in [-0.4, -0.2) is 60.7 Å². The number of hydrogen-bond acceptors (Lipinski definition) is 4. The lowest BCUT2D eigenvalue weighted by Crippen LogP contribution is -2.34. The van der Waals surface area contributed by atoms with Crippen LogP contribution >= 0.6 is 0 Å². The maximum atomic E-state index is 10.4. The minimum atomic E-state index is -0.980. The topological polar surface area (TPSA) is 123 Å². The second kappa shape index (κ2) is 13.1. The molecule has 8 nitrogen and oxygen atoms in total. The smallest absolute Gasteiger partial charge is 0.404 e. The fraction of sp³-hybridized carbons (Fsp3) is 0.857. The normalized spacial score (nSPS) is 13.4. The van der Waals surface area contributed by atoms with E-state index >= 15 is 0 Å². The van der Waals surface area contributed by atoms with Gasteiger partial charge in [0.15, 0.2) is 0 Å². The molecule has 0 bridgehead atoms. The molecule has 0 aliphatic heterocycles. The molecule has 0 aromatic rings. The van der Waals surface area contributed by atoms with Crippen LogP contribution in [0, 0.1) is 0 Å². The quantitative estimate of drug-likeness (QED) is 0.282. The van der Waals surface area contributed by atoms with E-state index in [-0.39, 0.29) is 12.1 Å². The molecule has 0 fully saturated rings. The van der Waals surface area contributed by atoms with Crippen molar-refractivity contribution in [2.45, 2.75) is 51.6 Å². The molecule has 0 heterocycles. The maximum absolute atomic E-state index is 10.4. The molecule has 0 aromatic carbocycles. The summed E-state index contributed by atoms with van der Waals surface area (Å²) >= 11 is 0. The van der Waals surface area contributed by atoms with Crippen molar-refractivity contribution in [1.82, 2.24) is 21.3 Å². The Kier molecular flexibility index (Phi) is 12.2. The van der Waals surface area contributed by atoms with Gasteiger partial charge in [-0.2, -0.15) is 0 Å². The first-order valence-electron chi connectivity index (χ1n) is 7.82. The Bertz CT molecular complexity index is 285. The molecule has 0 aliphatic carbocycles. The van der Waals surface area contributed by atoms with Crippen LogP contribution in [0.3, 0.4) is 0 Å². The van der Waals surface area contributed by atoms with Crippen molar-refractivity contribution < 1.29 is 19.8 Å². The van der Waals surface area contributed by atoms with Crippen LogP contribution in [-0.2, 0) is 0 Å². The van der Waals surface area contributed by atoms with Gasteiger partial charge in [-0.15, -0.1) is 0 Å². The van der Waals surface area contributed by atoms with Crippen LogP contribution in [0.2, 0.25) is 0 Å². The van der Waals surface area contributed by atoms with Crippen LogP contribution in [0.25, 0.3) is 0 Å². The predicted molar refractivity (Wildman–Crippen MR) is 85.5 cm³/mol. The Morgan fingerprint density at radius 2 is 1.14 bits per heavy atom. The predicted octanol–water partition coefficient (Wildman–Crippen LogP) is 1.04. The highest BCUT2D eigenvalue weighted by molar-refractivity contribution is 5.65. The lowest BCUT2D eigenvalue weighted by Gasteiger charge is -2.12. The highest BCUT2D eigenvalue weighted by atomic mass is 16.4. The van der Waals surface area contributed by atoms with Crippen molar-refractivity contribution >= 4 is 12.2 Å². The highest BCUT2D eigenvalue weighted by Crippen LogP contribution is 1.91. The zero-order chi connectivity index (χ0) is 16.8. The van der Waals surface area contributed by atoms with Crippen LogP contribution < -0.4 is 21.3 Å². The van der Waals surface area contributed by atoms with Crippen molar-refractivity contribution in [3.63, 3.8) is 0 Å². The van der Waals surface area contributed by atoms with Crippen molar-refractivity contribution in [3.05, 3.63) is 0 Å². The average Bonchev–Trinajstić information content (AvgIpc) is 2.39. The summed E-state index contributed by atoms with van der Waals surface area (Å²) in [6, 6.07) is -0.0684. The van der Waals surface area contributed by atoms with Gasteiger partial charge in [-0.3, -0.25) is 0 Å². The molecule has 2 amide bonds. The van der Waals surface area contributed by atoms with E-state index in [0.717, 1.165) is 51.9 Å². The lowest BCUT2D eigenvalue weighted by molar-refractivity contribution is 0.188. The standard InChI is InChI=1S/C14H30N4O4/c1-11(17-13(19)20)5-9-15-7-3-4-8-16-10-6-12(2)18-14(21)22/h11-12,15-18H,3-10H2,1-2H3,(H,19,20)(H,21,22). The molecule has 0 saturated heterocycles. The van der Waals surface area contributed by atoms with E-state index in [4.69, 9.17) is 10.2 Å². The number of carbonyl (C=O) groups is 2. The first kappa shape index (κ1) is 20.5. The fourth-order valence-electron chi connectivity index (χ4n) is 1.95. The Balaban J connectivity index is 3.24.